The molecule has 2 bridgehead atoms. The van der Waals surface area contributed by atoms with E-state index in [-0.39, 0.29) is 17.6 Å². The lowest BCUT2D eigenvalue weighted by atomic mass is 9.66. The van der Waals surface area contributed by atoms with Crippen LogP contribution in [0.2, 0.25) is 0 Å². The smallest absolute Gasteiger partial charge is 0.161 e. The third-order valence-electron chi connectivity index (χ3n) is 5.79. The molecule has 1 aromatic carbocycles. The molecule has 5 heteroatoms. The number of aliphatic hydroxyl groups excluding tert-OH is 1. The van der Waals surface area contributed by atoms with Crippen molar-refractivity contribution in [2.45, 2.75) is 36.6 Å². The highest BCUT2D eigenvalue weighted by Gasteiger charge is 2.56. The lowest BCUT2D eigenvalue weighted by Gasteiger charge is -2.47. The molecule has 23 heavy (non-hydrogen) atoms. The SMILES string of the molecule is COc1cc2c(cc1OC)[C@@]13C=C[C@@H](OC)C[C@@H]1N(CC3)[C@H]2O. The number of rotatable bonds is 3. The first kappa shape index (κ1) is 15.0. The molecule has 4 rings (SSSR count). The Labute approximate surface area is 136 Å². The number of methoxy groups -OCH3 is 3. The predicted octanol–water partition coefficient (Wildman–Crippen LogP) is 2.00. The molecule has 1 aliphatic carbocycles. The molecule has 1 aromatic rings. The lowest BCUT2D eigenvalue weighted by Crippen LogP contribution is -2.51. The van der Waals surface area contributed by atoms with Crippen molar-refractivity contribution in [3.05, 3.63) is 35.4 Å². The fraction of sp³-hybridized carbons (Fsp3) is 0.556. The molecule has 1 unspecified atom stereocenters. The summed E-state index contributed by atoms with van der Waals surface area (Å²) in [6.07, 6.45) is 5.86. The van der Waals surface area contributed by atoms with Gasteiger partial charge in [-0.3, -0.25) is 4.90 Å². The number of ether oxygens (including phenoxy) is 3. The van der Waals surface area contributed by atoms with Crippen molar-refractivity contribution in [2.24, 2.45) is 0 Å². The van der Waals surface area contributed by atoms with Crippen molar-refractivity contribution in [3.63, 3.8) is 0 Å². The molecule has 2 aliphatic heterocycles. The second-order valence-corrected chi connectivity index (χ2v) is 6.58. The van der Waals surface area contributed by atoms with E-state index in [1.165, 1.54) is 0 Å². The predicted molar refractivity (Wildman–Crippen MR) is 85.8 cm³/mol. The first-order chi connectivity index (χ1) is 11.1. The van der Waals surface area contributed by atoms with Crippen LogP contribution >= 0.6 is 0 Å². The van der Waals surface area contributed by atoms with Gasteiger partial charge in [0.25, 0.3) is 0 Å². The highest BCUT2D eigenvalue weighted by molar-refractivity contribution is 5.55. The molecule has 1 fully saturated rings. The fourth-order valence-corrected chi connectivity index (χ4v) is 4.61. The van der Waals surface area contributed by atoms with Gasteiger partial charge in [0.2, 0.25) is 0 Å². The summed E-state index contributed by atoms with van der Waals surface area (Å²) in [7, 11) is 5.02. The first-order valence-electron chi connectivity index (χ1n) is 8.07. The van der Waals surface area contributed by atoms with Crippen LogP contribution in [0.4, 0.5) is 0 Å². The zero-order chi connectivity index (χ0) is 16.2. The highest BCUT2D eigenvalue weighted by atomic mass is 16.5. The fourth-order valence-electron chi connectivity index (χ4n) is 4.61. The van der Waals surface area contributed by atoms with E-state index in [9.17, 15) is 5.11 Å². The zero-order valence-electron chi connectivity index (χ0n) is 13.8. The van der Waals surface area contributed by atoms with Crippen molar-refractivity contribution in [3.8, 4) is 11.5 Å². The third kappa shape index (κ3) is 1.90. The van der Waals surface area contributed by atoms with E-state index in [2.05, 4.69) is 17.1 Å². The number of hydrogen-bond acceptors (Lipinski definition) is 5. The zero-order valence-corrected chi connectivity index (χ0v) is 13.8. The topological polar surface area (TPSA) is 51.2 Å². The Morgan fingerprint density at radius 2 is 1.91 bits per heavy atom. The molecule has 1 saturated heterocycles. The van der Waals surface area contributed by atoms with Gasteiger partial charge in [0, 0.05) is 30.7 Å². The van der Waals surface area contributed by atoms with Gasteiger partial charge in [-0.05, 0) is 30.5 Å². The first-order valence-corrected chi connectivity index (χ1v) is 8.07. The maximum Gasteiger partial charge on any atom is 0.161 e. The maximum atomic E-state index is 10.9. The van der Waals surface area contributed by atoms with Crippen LogP contribution in [0.15, 0.2) is 24.3 Å². The van der Waals surface area contributed by atoms with E-state index in [1.807, 2.05) is 12.1 Å². The molecule has 2 heterocycles. The van der Waals surface area contributed by atoms with Gasteiger partial charge in [0.1, 0.15) is 6.23 Å². The Kier molecular flexibility index (Phi) is 3.41. The van der Waals surface area contributed by atoms with Crippen molar-refractivity contribution in [1.29, 1.82) is 0 Å². The summed E-state index contributed by atoms with van der Waals surface area (Å²) < 4.78 is 16.4. The summed E-state index contributed by atoms with van der Waals surface area (Å²) in [6, 6.07) is 4.23. The summed E-state index contributed by atoms with van der Waals surface area (Å²) in [5.74, 6) is 1.38. The minimum atomic E-state index is -0.602. The Morgan fingerprint density at radius 1 is 1.17 bits per heavy atom. The van der Waals surface area contributed by atoms with Crippen LogP contribution < -0.4 is 9.47 Å². The largest absolute Gasteiger partial charge is 0.493 e. The van der Waals surface area contributed by atoms with Gasteiger partial charge in [0.05, 0.1) is 20.3 Å². The molecule has 0 amide bonds. The van der Waals surface area contributed by atoms with Crippen LogP contribution in [0.5, 0.6) is 11.5 Å². The monoisotopic (exact) mass is 317 g/mol. The molecule has 3 aliphatic rings. The Morgan fingerprint density at radius 3 is 2.61 bits per heavy atom. The Balaban J connectivity index is 1.91. The van der Waals surface area contributed by atoms with Gasteiger partial charge in [0.15, 0.2) is 11.5 Å². The Hall–Kier alpha value is -1.56. The van der Waals surface area contributed by atoms with Crippen LogP contribution in [-0.4, -0.2) is 50.0 Å². The molecule has 0 radical (unpaired) electrons. The summed E-state index contributed by atoms with van der Waals surface area (Å²) in [4.78, 5) is 2.20. The number of hydrogen-bond donors (Lipinski definition) is 1. The van der Waals surface area contributed by atoms with Gasteiger partial charge in [-0.15, -0.1) is 0 Å². The van der Waals surface area contributed by atoms with Crippen LogP contribution in [0, 0.1) is 0 Å². The van der Waals surface area contributed by atoms with Crippen LogP contribution in [0.25, 0.3) is 0 Å². The van der Waals surface area contributed by atoms with E-state index >= 15 is 0 Å². The highest BCUT2D eigenvalue weighted by Crippen LogP contribution is 2.55. The second-order valence-electron chi connectivity index (χ2n) is 6.58. The van der Waals surface area contributed by atoms with Gasteiger partial charge in [-0.2, -0.15) is 0 Å². The molecule has 124 valence electrons. The minimum Gasteiger partial charge on any atom is -0.493 e. The number of nitrogens with zero attached hydrogens (tertiary/aromatic N) is 1. The van der Waals surface area contributed by atoms with E-state index in [1.54, 1.807) is 21.3 Å². The molecular formula is C18H23NO4. The number of fused-ring (bicyclic) bond motifs is 1. The average molecular weight is 317 g/mol. The summed E-state index contributed by atoms with van der Waals surface area (Å²) in [6.45, 7) is 0.881. The van der Waals surface area contributed by atoms with Crippen LogP contribution in [-0.2, 0) is 10.2 Å². The van der Waals surface area contributed by atoms with Crippen LogP contribution in [0.1, 0.15) is 30.2 Å². The molecule has 0 spiro atoms. The molecule has 5 nitrogen and oxygen atoms in total. The molecule has 0 aromatic heterocycles. The van der Waals surface area contributed by atoms with Gasteiger partial charge >= 0.3 is 0 Å². The van der Waals surface area contributed by atoms with E-state index in [4.69, 9.17) is 14.2 Å². The number of benzene rings is 1. The van der Waals surface area contributed by atoms with E-state index in [0.717, 1.165) is 30.5 Å². The molecular weight excluding hydrogens is 294 g/mol. The molecule has 1 N–H and O–H groups in total. The van der Waals surface area contributed by atoms with Crippen molar-refractivity contribution >= 4 is 0 Å². The maximum absolute atomic E-state index is 10.9. The Bertz CT molecular complexity index is 659. The van der Waals surface area contributed by atoms with Crippen molar-refractivity contribution in [1.82, 2.24) is 4.90 Å². The molecule has 0 saturated carbocycles. The second kappa shape index (κ2) is 5.23. The van der Waals surface area contributed by atoms with Gasteiger partial charge in [-0.25, -0.2) is 0 Å². The summed E-state index contributed by atoms with van der Waals surface area (Å²) in [5, 5.41) is 10.9. The quantitative estimate of drug-likeness (QED) is 0.864. The number of aliphatic hydroxyl groups is 1. The van der Waals surface area contributed by atoms with E-state index < -0.39 is 6.23 Å². The van der Waals surface area contributed by atoms with Crippen molar-refractivity contribution < 1.29 is 19.3 Å². The van der Waals surface area contributed by atoms with Gasteiger partial charge < -0.3 is 19.3 Å². The summed E-state index contributed by atoms with van der Waals surface area (Å²) in [5.41, 5.74) is 2.02. The van der Waals surface area contributed by atoms with Crippen molar-refractivity contribution in [2.75, 3.05) is 27.9 Å². The average Bonchev–Trinajstić information content (AvgIpc) is 2.94. The van der Waals surface area contributed by atoms with E-state index in [0.29, 0.717) is 11.5 Å². The van der Waals surface area contributed by atoms with Crippen LogP contribution in [0.3, 0.4) is 0 Å². The summed E-state index contributed by atoms with van der Waals surface area (Å²) >= 11 is 0. The third-order valence-corrected chi connectivity index (χ3v) is 5.79. The van der Waals surface area contributed by atoms with Gasteiger partial charge in [-0.1, -0.05) is 12.2 Å². The molecule has 5 atom stereocenters. The minimum absolute atomic E-state index is 0.0663. The standard InChI is InChI=1S/C18H23NO4/c1-21-11-4-5-18-6-7-19(16(18)8-11)17(20)12-9-14(22-2)15(23-3)10-13(12)18/h4-5,9-11,16-17,20H,6-8H2,1-3H3/t11-,16+,17+,18+/m1/s1. The lowest BCUT2D eigenvalue weighted by molar-refractivity contribution is -0.0400. The normalized spacial score (nSPS) is 37.2.